The number of halogens is 3. The first-order valence-electron chi connectivity index (χ1n) is 12.3. The van der Waals surface area contributed by atoms with E-state index in [2.05, 4.69) is 35.5 Å². The number of allylic oxidation sites excluding steroid dienone is 1. The number of hydrogen-bond acceptors (Lipinski definition) is 4. The molecule has 1 N–H and O–H groups in total. The molecule has 1 fully saturated rings. The standard InChI is InChI=1S/C27H37F3N4O/c1-18(2)26(35)34-13-10-20(4)31-32-25(19(3)17-34)16-21(5)33-14-11-22(12-15-33)23-8-6-7-9-24(23)27(28,29)30/h6-9,18-19,22,31H,4-5,10-17H2,1-3H3/b32-25-. The Morgan fingerprint density at radius 1 is 1.17 bits per heavy atom. The van der Waals surface area contributed by atoms with Crippen molar-refractivity contribution in [3.05, 3.63) is 59.9 Å². The number of nitrogens with one attached hydrogen (secondary N) is 1. The number of piperidine rings is 1. The summed E-state index contributed by atoms with van der Waals surface area (Å²) in [6.07, 6.45) is -1.89. The van der Waals surface area contributed by atoms with E-state index < -0.39 is 11.7 Å². The van der Waals surface area contributed by atoms with Crippen LogP contribution in [0.4, 0.5) is 13.2 Å². The average molecular weight is 491 g/mol. The van der Waals surface area contributed by atoms with Crippen LogP contribution in [0.15, 0.2) is 53.9 Å². The number of rotatable bonds is 5. The Morgan fingerprint density at radius 3 is 2.46 bits per heavy atom. The highest BCUT2D eigenvalue weighted by atomic mass is 19.4. The number of hydrogen-bond donors (Lipinski definition) is 1. The quantitative estimate of drug-likeness (QED) is 0.570. The lowest BCUT2D eigenvalue weighted by Gasteiger charge is -2.36. The van der Waals surface area contributed by atoms with Gasteiger partial charge in [-0.15, -0.1) is 0 Å². The molecule has 0 aliphatic carbocycles. The van der Waals surface area contributed by atoms with Gasteiger partial charge >= 0.3 is 6.18 Å². The van der Waals surface area contributed by atoms with Crippen LogP contribution in [0.5, 0.6) is 0 Å². The SMILES string of the molecule is C=C1CCN(C(=O)C(C)C)CC(C)/C(CC(=C)N2CCC(c3ccccc3C(F)(F)F)CC2)=N\N1. The van der Waals surface area contributed by atoms with E-state index in [-0.39, 0.29) is 23.7 Å². The van der Waals surface area contributed by atoms with E-state index in [0.29, 0.717) is 57.4 Å². The molecule has 0 aromatic heterocycles. The van der Waals surface area contributed by atoms with Crippen LogP contribution in [-0.4, -0.2) is 47.6 Å². The van der Waals surface area contributed by atoms with Crippen molar-refractivity contribution in [1.82, 2.24) is 15.2 Å². The molecular formula is C27H37F3N4O. The molecule has 8 heteroatoms. The molecule has 2 aliphatic rings. The Balaban J connectivity index is 1.65. The molecule has 1 aromatic rings. The van der Waals surface area contributed by atoms with Crippen molar-refractivity contribution < 1.29 is 18.0 Å². The Labute approximate surface area is 206 Å². The number of alkyl halides is 3. The van der Waals surface area contributed by atoms with Gasteiger partial charge in [-0.05, 0) is 30.4 Å². The van der Waals surface area contributed by atoms with Crippen LogP contribution in [-0.2, 0) is 11.0 Å². The van der Waals surface area contributed by atoms with Crippen molar-refractivity contribution in [1.29, 1.82) is 0 Å². The summed E-state index contributed by atoms with van der Waals surface area (Å²) in [4.78, 5) is 16.7. The molecule has 0 radical (unpaired) electrons. The van der Waals surface area contributed by atoms with Gasteiger partial charge in [-0.2, -0.15) is 18.3 Å². The summed E-state index contributed by atoms with van der Waals surface area (Å²) in [7, 11) is 0. The minimum absolute atomic E-state index is 0.0315. The monoisotopic (exact) mass is 490 g/mol. The van der Waals surface area contributed by atoms with E-state index >= 15 is 0 Å². The Kier molecular flexibility index (Phi) is 8.67. The minimum Gasteiger partial charge on any atom is -0.375 e. The molecule has 1 unspecified atom stereocenters. The lowest BCUT2D eigenvalue weighted by atomic mass is 9.86. The molecule has 2 aliphatic heterocycles. The Bertz CT molecular complexity index is 961. The fourth-order valence-electron chi connectivity index (χ4n) is 4.83. The molecular weight excluding hydrogens is 453 g/mol. The van der Waals surface area contributed by atoms with E-state index in [9.17, 15) is 18.0 Å². The maximum absolute atomic E-state index is 13.5. The first kappa shape index (κ1) is 26.8. The third-order valence-electron chi connectivity index (χ3n) is 6.94. The van der Waals surface area contributed by atoms with E-state index in [1.165, 1.54) is 12.1 Å². The molecule has 35 heavy (non-hydrogen) atoms. The highest BCUT2D eigenvalue weighted by Gasteiger charge is 2.36. The first-order valence-corrected chi connectivity index (χ1v) is 12.3. The van der Waals surface area contributed by atoms with Gasteiger partial charge in [0.05, 0.1) is 5.56 Å². The van der Waals surface area contributed by atoms with E-state index in [1.54, 1.807) is 12.1 Å². The second-order valence-corrected chi connectivity index (χ2v) is 10.00. The van der Waals surface area contributed by atoms with Crippen LogP contribution in [0, 0.1) is 11.8 Å². The molecule has 3 rings (SSSR count). The van der Waals surface area contributed by atoms with Crippen LogP contribution in [0.3, 0.4) is 0 Å². The smallest absolute Gasteiger partial charge is 0.375 e. The summed E-state index contributed by atoms with van der Waals surface area (Å²) >= 11 is 0. The van der Waals surface area contributed by atoms with Crippen LogP contribution in [0.2, 0.25) is 0 Å². The van der Waals surface area contributed by atoms with E-state index in [1.807, 2.05) is 18.7 Å². The van der Waals surface area contributed by atoms with Gasteiger partial charge in [0.2, 0.25) is 5.91 Å². The number of likely N-dealkylation sites (tertiary alicyclic amines) is 1. The number of benzene rings is 1. The van der Waals surface area contributed by atoms with Gasteiger partial charge in [-0.3, -0.25) is 10.2 Å². The number of carbonyl (C=O) groups excluding carboxylic acids is 1. The predicted octanol–water partition coefficient (Wildman–Crippen LogP) is 5.77. The highest BCUT2D eigenvalue weighted by Crippen LogP contribution is 2.39. The first-order chi connectivity index (χ1) is 16.5. The zero-order valence-electron chi connectivity index (χ0n) is 21.0. The van der Waals surface area contributed by atoms with Crippen molar-refractivity contribution >= 4 is 11.6 Å². The topological polar surface area (TPSA) is 47.9 Å². The lowest BCUT2D eigenvalue weighted by molar-refractivity contribution is -0.138. The fourth-order valence-corrected chi connectivity index (χ4v) is 4.83. The lowest BCUT2D eigenvalue weighted by Crippen LogP contribution is -2.40. The van der Waals surface area contributed by atoms with Crippen molar-refractivity contribution in [3.8, 4) is 0 Å². The van der Waals surface area contributed by atoms with E-state index in [4.69, 9.17) is 0 Å². The average Bonchev–Trinajstić information content (AvgIpc) is 2.88. The van der Waals surface area contributed by atoms with Gasteiger partial charge in [0.15, 0.2) is 0 Å². The van der Waals surface area contributed by atoms with Crippen molar-refractivity contribution in [2.24, 2.45) is 16.9 Å². The normalized spacial score (nSPS) is 22.1. The summed E-state index contributed by atoms with van der Waals surface area (Å²) in [5.41, 5.74) is 5.44. The molecule has 1 saturated heterocycles. The van der Waals surface area contributed by atoms with Gasteiger partial charge in [-0.1, -0.05) is 52.1 Å². The second kappa shape index (κ2) is 11.3. The van der Waals surface area contributed by atoms with Gasteiger partial charge in [0.25, 0.3) is 0 Å². The molecule has 0 spiro atoms. The predicted molar refractivity (Wildman–Crippen MR) is 134 cm³/mol. The van der Waals surface area contributed by atoms with Crippen molar-refractivity contribution in [2.45, 2.75) is 58.5 Å². The van der Waals surface area contributed by atoms with Crippen LogP contribution in [0.25, 0.3) is 0 Å². The Morgan fingerprint density at radius 2 is 1.83 bits per heavy atom. The molecule has 1 amide bonds. The fraction of sp³-hybridized carbons (Fsp3) is 0.556. The molecule has 0 saturated carbocycles. The summed E-state index contributed by atoms with van der Waals surface area (Å²) in [5.74, 6) is -0.0584. The van der Waals surface area contributed by atoms with Crippen LogP contribution < -0.4 is 5.43 Å². The number of amides is 1. The summed E-state index contributed by atoms with van der Waals surface area (Å²) in [6.45, 7) is 16.6. The van der Waals surface area contributed by atoms with Crippen LogP contribution in [0.1, 0.15) is 63.5 Å². The molecule has 2 heterocycles. The zero-order valence-corrected chi connectivity index (χ0v) is 21.0. The van der Waals surface area contributed by atoms with Crippen molar-refractivity contribution in [3.63, 3.8) is 0 Å². The number of carbonyl (C=O) groups is 1. The second-order valence-electron chi connectivity index (χ2n) is 10.00. The van der Waals surface area contributed by atoms with Crippen LogP contribution >= 0.6 is 0 Å². The summed E-state index contributed by atoms with van der Waals surface area (Å²) in [6, 6.07) is 5.90. The van der Waals surface area contributed by atoms with Crippen molar-refractivity contribution in [2.75, 3.05) is 26.2 Å². The van der Waals surface area contributed by atoms with Gasteiger partial charge in [0, 0.05) is 68.0 Å². The zero-order chi connectivity index (χ0) is 25.8. The summed E-state index contributed by atoms with van der Waals surface area (Å²) < 4.78 is 40.4. The Hall–Kier alpha value is -2.77. The van der Waals surface area contributed by atoms with Gasteiger partial charge < -0.3 is 9.80 Å². The van der Waals surface area contributed by atoms with Gasteiger partial charge in [-0.25, -0.2) is 0 Å². The number of nitrogens with zero attached hydrogens (tertiary/aromatic N) is 3. The largest absolute Gasteiger partial charge is 0.416 e. The molecule has 1 atom stereocenters. The maximum Gasteiger partial charge on any atom is 0.416 e. The maximum atomic E-state index is 13.5. The number of hydrazone groups is 1. The third kappa shape index (κ3) is 6.89. The van der Waals surface area contributed by atoms with E-state index in [0.717, 1.165) is 17.1 Å². The van der Waals surface area contributed by atoms with Gasteiger partial charge in [0.1, 0.15) is 0 Å². The highest BCUT2D eigenvalue weighted by molar-refractivity contribution is 5.89. The minimum atomic E-state index is -4.34. The molecule has 0 bridgehead atoms. The third-order valence-corrected chi connectivity index (χ3v) is 6.94. The molecule has 1 aromatic carbocycles. The molecule has 192 valence electrons. The molecule has 5 nitrogen and oxygen atoms in total. The summed E-state index contributed by atoms with van der Waals surface area (Å²) in [5, 5.41) is 4.60.